The largest absolute Gasteiger partial charge is 0.348 e. The van der Waals surface area contributed by atoms with E-state index in [1.807, 2.05) is 0 Å². The molecule has 0 unspecified atom stereocenters. The highest BCUT2D eigenvalue weighted by Crippen LogP contribution is 2.59. The smallest absolute Gasteiger partial charge is 0.129 e. The van der Waals surface area contributed by atoms with Crippen LogP contribution in [0.1, 0.15) is 128 Å². The van der Waals surface area contributed by atoms with Crippen LogP contribution in [0.3, 0.4) is 0 Å². The molecular weight excluding hydrogens is 462 g/mol. The number of pyridine rings is 1. The molecule has 0 saturated heterocycles. The summed E-state index contributed by atoms with van der Waals surface area (Å²) in [5.41, 5.74) is 4.12. The van der Waals surface area contributed by atoms with Crippen molar-refractivity contribution in [3.8, 4) is 0 Å². The fraction of sp³-hybridized carbons (Fsp3) is 0.839. The van der Waals surface area contributed by atoms with Gasteiger partial charge in [-0.25, -0.2) is 4.98 Å². The van der Waals surface area contributed by atoms with E-state index in [2.05, 4.69) is 29.3 Å². The second-order valence-corrected chi connectivity index (χ2v) is 17.8. The van der Waals surface area contributed by atoms with Crippen LogP contribution in [0, 0.1) is 0 Å². The molecule has 4 saturated carbocycles. The van der Waals surface area contributed by atoms with Crippen LogP contribution in [0.25, 0.3) is 0 Å². The lowest BCUT2D eigenvalue weighted by molar-refractivity contribution is 0.482. The average molecular weight is 515 g/mol. The van der Waals surface area contributed by atoms with E-state index in [0.29, 0.717) is 0 Å². The standard InChI is InChI=1S/C31H52N2P2/c1-5-15-27(16-6-1)34(28-17-7-2-8-18-28)25-33(31-23-13-14-24-32-31)26-35(29-19-9-3-10-20-29)30-21-11-4-12-22-30/h13-14,23-24,27-30H,1-12,15-22,25-26H2. The Morgan fingerprint density at radius 1 is 0.543 bits per heavy atom. The van der Waals surface area contributed by atoms with Crippen molar-refractivity contribution in [2.45, 2.75) is 151 Å². The van der Waals surface area contributed by atoms with Gasteiger partial charge in [-0.05, 0) is 86.1 Å². The van der Waals surface area contributed by atoms with Crippen LogP contribution < -0.4 is 4.90 Å². The molecule has 196 valence electrons. The van der Waals surface area contributed by atoms with Crippen molar-refractivity contribution in [3.05, 3.63) is 24.4 Å². The van der Waals surface area contributed by atoms with Crippen LogP contribution in [0.2, 0.25) is 0 Å². The summed E-state index contributed by atoms with van der Waals surface area (Å²) in [7, 11) is 0.142. The molecule has 0 N–H and O–H groups in total. The third-order valence-corrected chi connectivity index (χ3v) is 17.0. The number of anilines is 1. The van der Waals surface area contributed by atoms with Gasteiger partial charge in [-0.2, -0.15) is 0 Å². The van der Waals surface area contributed by atoms with Crippen molar-refractivity contribution < 1.29 is 0 Å². The molecule has 0 aromatic carbocycles. The predicted molar refractivity (Wildman–Crippen MR) is 158 cm³/mol. The Morgan fingerprint density at radius 2 is 0.914 bits per heavy atom. The summed E-state index contributed by atoms with van der Waals surface area (Å²) in [6.45, 7) is 0. The van der Waals surface area contributed by atoms with E-state index < -0.39 is 0 Å². The Morgan fingerprint density at radius 3 is 1.23 bits per heavy atom. The van der Waals surface area contributed by atoms with Gasteiger partial charge in [0.05, 0.1) is 0 Å². The van der Waals surface area contributed by atoms with E-state index in [9.17, 15) is 0 Å². The van der Waals surface area contributed by atoms with Crippen LogP contribution in [-0.4, -0.2) is 40.2 Å². The maximum Gasteiger partial charge on any atom is 0.129 e. The van der Waals surface area contributed by atoms with Crippen LogP contribution >= 0.6 is 15.8 Å². The van der Waals surface area contributed by atoms with Crippen LogP contribution in [0.5, 0.6) is 0 Å². The molecule has 1 aromatic heterocycles. The molecule has 0 bridgehead atoms. The SMILES string of the molecule is c1ccc(N(CP(C2CCCCC2)C2CCCCC2)CP(C2CCCCC2)C2CCCCC2)nc1. The minimum atomic E-state index is 0.0708. The number of rotatable bonds is 9. The van der Waals surface area contributed by atoms with E-state index in [1.54, 1.807) is 0 Å². The molecule has 0 amide bonds. The van der Waals surface area contributed by atoms with E-state index >= 15 is 0 Å². The van der Waals surface area contributed by atoms with Crippen molar-refractivity contribution in [1.82, 2.24) is 4.98 Å². The van der Waals surface area contributed by atoms with Gasteiger partial charge in [0.25, 0.3) is 0 Å². The Kier molecular flexibility index (Phi) is 10.6. The molecule has 5 rings (SSSR count). The van der Waals surface area contributed by atoms with Crippen LogP contribution in [-0.2, 0) is 0 Å². The first-order valence-electron chi connectivity index (χ1n) is 15.6. The second-order valence-electron chi connectivity index (χ2n) is 12.2. The summed E-state index contributed by atoms with van der Waals surface area (Å²) < 4.78 is 0. The quantitative estimate of drug-likeness (QED) is 0.305. The highest BCUT2D eigenvalue weighted by molar-refractivity contribution is 7.60. The zero-order valence-corrected chi connectivity index (χ0v) is 24.3. The number of nitrogens with zero attached hydrogens (tertiary/aromatic N) is 2. The van der Waals surface area contributed by atoms with Crippen molar-refractivity contribution in [2.24, 2.45) is 0 Å². The maximum atomic E-state index is 5.01. The number of aromatic nitrogens is 1. The van der Waals surface area contributed by atoms with Gasteiger partial charge in [0, 0.05) is 18.8 Å². The molecule has 2 nitrogen and oxygen atoms in total. The average Bonchev–Trinajstić information content (AvgIpc) is 2.95. The fourth-order valence-corrected chi connectivity index (χ4v) is 15.5. The molecular formula is C31H52N2P2. The fourth-order valence-electron chi connectivity index (χ4n) is 7.83. The van der Waals surface area contributed by atoms with Gasteiger partial charge in [-0.1, -0.05) is 99.0 Å². The molecule has 0 aliphatic heterocycles. The maximum absolute atomic E-state index is 5.01. The van der Waals surface area contributed by atoms with Gasteiger partial charge in [0.1, 0.15) is 5.82 Å². The highest BCUT2D eigenvalue weighted by atomic mass is 31.1. The lowest BCUT2D eigenvalue weighted by Gasteiger charge is -2.45. The normalized spacial score (nSPS) is 24.3. The number of hydrogen-bond acceptors (Lipinski definition) is 2. The summed E-state index contributed by atoms with van der Waals surface area (Å²) in [5.74, 6) is 1.31. The van der Waals surface area contributed by atoms with Gasteiger partial charge in [-0.3, -0.25) is 0 Å². The Bertz CT molecular complexity index is 626. The highest BCUT2D eigenvalue weighted by Gasteiger charge is 2.36. The van der Waals surface area contributed by atoms with Crippen molar-refractivity contribution in [2.75, 3.05) is 17.5 Å². The summed E-state index contributed by atoms with van der Waals surface area (Å²) in [5, 5.41) is 0. The molecule has 0 spiro atoms. The monoisotopic (exact) mass is 514 g/mol. The lowest BCUT2D eigenvalue weighted by atomic mass is 9.99. The van der Waals surface area contributed by atoms with Crippen LogP contribution in [0.4, 0.5) is 5.82 Å². The van der Waals surface area contributed by atoms with E-state index in [0.717, 1.165) is 22.6 Å². The lowest BCUT2D eigenvalue weighted by Crippen LogP contribution is -2.34. The summed E-state index contributed by atoms with van der Waals surface area (Å²) in [6.07, 6.45) is 34.9. The first-order chi connectivity index (χ1) is 17.4. The summed E-state index contributed by atoms with van der Waals surface area (Å²) in [6, 6.07) is 6.73. The molecule has 0 radical (unpaired) electrons. The third kappa shape index (κ3) is 7.44. The summed E-state index contributed by atoms with van der Waals surface area (Å²) >= 11 is 0. The topological polar surface area (TPSA) is 16.1 Å². The third-order valence-electron chi connectivity index (χ3n) is 9.82. The molecule has 4 aliphatic carbocycles. The van der Waals surface area contributed by atoms with Crippen LogP contribution in [0.15, 0.2) is 24.4 Å². The minimum Gasteiger partial charge on any atom is -0.348 e. The zero-order chi connectivity index (χ0) is 23.7. The Labute approximate surface area is 219 Å². The predicted octanol–water partition coefficient (Wildman–Crippen LogP) is 10.1. The number of hydrogen-bond donors (Lipinski definition) is 0. The molecule has 35 heavy (non-hydrogen) atoms. The zero-order valence-electron chi connectivity index (χ0n) is 22.5. The molecule has 1 heterocycles. The van der Waals surface area contributed by atoms with Gasteiger partial charge < -0.3 is 4.90 Å². The van der Waals surface area contributed by atoms with Gasteiger partial charge in [0.2, 0.25) is 0 Å². The van der Waals surface area contributed by atoms with E-state index in [-0.39, 0.29) is 15.8 Å². The Balaban J connectivity index is 1.39. The first kappa shape index (κ1) is 26.4. The molecule has 4 fully saturated rings. The minimum absolute atomic E-state index is 0.0708. The van der Waals surface area contributed by atoms with Gasteiger partial charge >= 0.3 is 0 Å². The molecule has 4 aliphatic rings. The first-order valence-corrected chi connectivity index (χ1v) is 18.9. The molecule has 0 atom stereocenters. The second kappa shape index (κ2) is 14.1. The molecule has 4 heteroatoms. The van der Waals surface area contributed by atoms with Crippen molar-refractivity contribution in [1.29, 1.82) is 0 Å². The summed E-state index contributed by atoms with van der Waals surface area (Å²) in [4.78, 5) is 7.92. The van der Waals surface area contributed by atoms with Gasteiger partial charge in [-0.15, -0.1) is 0 Å². The van der Waals surface area contributed by atoms with E-state index in [4.69, 9.17) is 4.98 Å². The van der Waals surface area contributed by atoms with Crippen molar-refractivity contribution in [3.63, 3.8) is 0 Å². The molecule has 1 aromatic rings. The van der Waals surface area contributed by atoms with E-state index in [1.165, 1.54) is 147 Å². The van der Waals surface area contributed by atoms with Gasteiger partial charge in [0.15, 0.2) is 0 Å². The van der Waals surface area contributed by atoms with Crippen molar-refractivity contribution >= 4 is 21.7 Å². The Hall–Kier alpha value is -0.190.